The predicted molar refractivity (Wildman–Crippen MR) is 70.3 cm³/mol. The molecule has 2 unspecified atom stereocenters. The van der Waals surface area contributed by atoms with Crippen LogP contribution in [0.2, 0.25) is 0 Å². The number of rotatable bonds is 1. The molecule has 3 heterocycles. The van der Waals surface area contributed by atoms with E-state index in [2.05, 4.69) is 14.8 Å². The van der Waals surface area contributed by atoms with Crippen LogP contribution >= 0.6 is 0 Å². The molecule has 4 nitrogen and oxygen atoms in total. The lowest BCUT2D eigenvalue weighted by Crippen LogP contribution is -2.54. The lowest BCUT2D eigenvalue weighted by molar-refractivity contribution is -0.286. The van der Waals surface area contributed by atoms with Crippen molar-refractivity contribution in [3.05, 3.63) is 23.8 Å². The first-order valence-electron chi connectivity index (χ1n) is 7.32. The molecule has 0 aliphatic carbocycles. The van der Waals surface area contributed by atoms with E-state index in [9.17, 15) is 13.9 Å². The number of fused-ring (bicyclic) bond motifs is 3. The summed E-state index contributed by atoms with van der Waals surface area (Å²) in [6.45, 7) is 0. The molecule has 3 aliphatic rings. The summed E-state index contributed by atoms with van der Waals surface area (Å²) in [5.74, 6) is 0.0103. The Kier molecular flexibility index (Phi) is 2.72. The molecular formula is C15H17F2NO3. The number of halogens is 2. The molecule has 2 fully saturated rings. The molecule has 2 saturated heterocycles. The smallest absolute Gasteiger partial charge is 0.395 e. The van der Waals surface area contributed by atoms with Gasteiger partial charge in [0.25, 0.3) is 0 Å². The van der Waals surface area contributed by atoms with Gasteiger partial charge in [0, 0.05) is 12.1 Å². The van der Waals surface area contributed by atoms with E-state index in [1.165, 1.54) is 18.6 Å². The number of aliphatic hydroxyl groups is 1. The maximum atomic E-state index is 13.1. The van der Waals surface area contributed by atoms with Crippen molar-refractivity contribution < 1.29 is 23.4 Å². The molecule has 1 aromatic carbocycles. The SMILES string of the molecule is OC1(c2ccc3c(c2)OC(F)(F)O3)CC2CCCC(C1)N2. The van der Waals surface area contributed by atoms with Crippen LogP contribution in [0.3, 0.4) is 0 Å². The fraction of sp³-hybridized carbons (Fsp3) is 0.600. The Labute approximate surface area is 121 Å². The molecule has 0 saturated carbocycles. The van der Waals surface area contributed by atoms with Crippen molar-refractivity contribution in [1.29, 1.82) is 0 Å². The minimum absolute atomic E-state index is 0.00498. The van der Waals surface area contributed by atoms with Crippen molar-refractivity contribution in [3.63, 3.8) is 0 Å². The summed E-state index contributed by atoms with van der Waals surface area (Å²) in [6.07, 6.45) is 0.835. The molecule has 3 aliphatic heterocycles. The molecule has 0 spiro atoms. The zero-order valence-electron chi connectivity index (χ0n) is 11.4. The van der Waals surface area contributed by atoms with Crippen molar-refractivity contribution in [2.75, 3.05) is 0 Å². The van der Waals surface area contributed by atoms with Crippen molar-refractivity contribution in [1.82, 2.24) is 5.32 Å². The van der Waals surface area contributed by atoms with Crippen molar-refractivity contribution >= 4 is 0 Å². The Hall–Kier alpha value is -1.40. The Bertz CT molecular complexity index is 566. The summed E-state index contributed by atoms with van der Waals surface area (Å²) >= 11 is 0. The fourth-order valence-corrected chi connectivity index (χ4v) is 3.81. The van der Waals surface area contributed by atoms with Gasteiger partial charge in [0.05, 0.1) is 5.60 Å². The van der Waals surface area contributed by atoms with E-state index in [4.69, 9.17) is 0 Å². The summed E-state index contributed by atoms with van der Waals surface area (Å²) in [6, 6.07) is 5.16. The summed E-state index contributed by atoms with van der Waals surface area (Å²) in [7, 11) is 0. The van der Waals surface area contributed by atoms with E-state index >= 15 is 0 Å². The van der Waals surface area contributed by atoms with Gasteiger partial charge in [-0.05, 0) is 43.4 Å². The first-order chi connectivity index (χ1) is 9.94. The van der Waals surface area contributed by atoms with Gasteiger partial charge >= 0.3 is 6.29 Å². The van der Waals surface area contributed by atoms with Gasteiger partial charge in [0.1, 0.15) is 0 Å². The molecule has 4 rings (SSSR count). The molecule has 2 N–H and O–H groups in total. The summed E-state index contributed by atoms with van der Waals surface area (Å²) in [5, 5.41) is 14.5. The predicted octanol–water partition coefficient (Wildman–Crippen LogP) is 2.50. The van der Waals surface area contributed by atoms with Gasteiger partial charge in [-0.2, -0.15) is 0 Å². The highest BCUT2D eigenvalue weighted by atomic mass is 19.3. The Balaban J connectivity index is 1.65. The van der Waals surface area contributed by atoms with Crippen LogP contribution in [0, 0.1) is 0 Å². The highest BCUT2D eigenvalue weighted by Gasteiger charge is 2.46. The number of piperidine rings is 2. The van der Waals surface area contributed by atoms with E-state index in [1.807, 2.05) is 0 Å². The van der Waals surface area contributed by atoms with E-state index in [0.29, 0.717) is 18.4 Å². The Morgan fingerprint density at radius 1 is 1.10 bits per heavy atom. The van der Waals surface area contributed by atoms with Gasteiger partial charge in [0.2, 0.25) is 0 Å². The third-order valence-corrected chi connectivity index (χ3v) is 4.68. The van der Waals surface area contributed by atoms with E-state index < -0.39 is 11.9 Å². The second-order valence-corrected chi connectivity index (χ2v) is 6.26. The molecule has 1 aromatic rings. The van der Waals surface area contributed by atoms with Crippen LogP contribution in [-0.4, -0.2) is 23.5 Å². The van der Waals surface area contributed by atoms with Crippen LogP contribution in [0.4, 0.5) is 8.78 Å². The van der Waals surface area contributed by atoms with Crippen LogP contribution in [-0.2, 0) is 5.60 Å². The minimum atomic E-state index is -3.62. The van der Waals surface area contributed by atoms with Crippen molar-refractivity contribution in [3.8, 4) is 11.5 Å². The first kappa shape index (κ1) is 13.3. The van der Waals surface area contributed by atoms with Crippen molar-refractivity contribution in [2.45, 2.75) is 56.1 Å². The molecular weight excluding hydrogens is 280 g/mol. The highest BCUT2D eigenvalue weighted by molar-refractivity contribution is 5.47. The lowest BCUT2D eigenvalue weighted by Gasteiger charge is -2.45. The second-order valence-electron chi connectivity index (χ2n) is 6.26. The molecule has 2 atom stereocenters. The number of hydrogen-bond acceptors (Lipinski definition) is 4. The van der Waals surface area contributed by atoms with Crippen LogP contribution in [0.25, 0.3) is 0 Å². The van der Waals surface area contributed by atoms with Crippen LogP contribution in [0.15, 0.2) is 18.2 Å². The zero-order chi connectivity index (χ0) is 14.7. The van der Waals surface area contributed by atoms with E-state index in [0.717, 1.165) is 12.8 Å². The highest BCUT2D eigenvalue weighted by Crippen LogP contribution is 2.46. The van der Waals surface area contributed by atoms with E-state index in [-0.39, 0.29) is 23.6 Å². The van der Waals surface area contributed by atoms with Gasteiger partial charge in [-0.25, -0.2) is 0 Å². The topological polar surface area (TPSA) is 50.7 Å². The average Bonchev–Trinajstić information content (AvgIpc) is 2.70. The maximum Gasteiger partial charge on any atom is 0.586 e. The summed E-state index contributed by atoms with van der Waals surface area (Å²) < 4.78 is 35.0. The number of alkyl halides is 2. The van der Waals surface area contributed by atoms with E-state index in [1.54, 1.807) is 6.07 Å². The molecule has 0 amide bonds. The Morgan fingerprint density at radius 3 is 2.48 bits per heavy atom. The largest absolute Gasteiger partial charge is 0.586 e. The van der Waals surface area contributed by atoms with Gasteiger partial charge < -0.3 is 19.9 Å². The zero-order valence-corrected chi connectivity index (χ0v) is 11.4. The summed E-state index contributed by atoms with van der Waals surface area (Å²) in [4.78, 5) is 0. The first-order valence-corrected chi connectivity index (χ1v) is 7.32. The van der Waals surface area contributed by atoms with Crippen LogP contribution < -0.4 is 14.8 Å². The second kappa shape index (κ2) is 4.30. The van der Waals surface area contributed by atoms with Crippen LogP contribution in [0.5, 0.6) is 11.5 Å². The molecule has 2 bridgehead atoms. The van der Waals surface area contributed by atoms with Gasteiger partial charge in [-0.3, -0.25) is 0 Å². The van der Waals surface area contributed by atoms with Gasteiger partial charge in [0.15, 0.2) is 11.5 Å². The number of benzene rings is 1. The summed E-state index contributed by atoms with van der Waals surface area (Å²) in [5.41, 5.74) is -0.363. The van der Waals surface area contributed by atoms with Crippen molar-refractivity contribution in [2.24, 2.45) is 0 Å². The third-order valence-electron chi connectivity index (χ3n) is 4.68. The molecule has 0 radical (unpaired) electrons. The monoisotopic (exact) mass is 297 g/mol. The maximum absolute atomic E-state index is 13.1. The quantitative estimate of drug-likeness (QED) is 0.836. The normalized spacial score (nSPS) is 36.5. The standard InChI is InChI=1S/C15H17F2NO3/c16-15(17)20-12-5-4-9(6-13(12)21-15)14(19)7-10-2-1-3-11(8-14)18-10/h4-6,10-11,18-19H,1-3,7-8H2. The lowest BCUT2D eigenvalue weighted by atomic mass is 9.74. The molecule has 21 heavy (non-hydrogen) atoms. The fourth-order valence-electron chi connectivity index (χ4n) is 3.81. The number of nitrogens with one attached hydrogen (secondary N) is 1. The molecule has 6 heteroatoms. The van der Waals surface area contributed by atoms with Crippen LogP contribution in [0.1, 0.15) is 37.7 Å². The van der Waals surface area contributed by atoms with Gasteiger partial charge in [-0.1, -0.05) is 12.5 Å². The average molecular weight is 297 g/mol. The molecule has 0 aromatic heterocycles. The number of ether oxygens (including phenoxy) is 2. The molecule has 114 valence electrons. The number of hydrogen-bond donors (Lipinski definition) is 2. The minimum Gasteiger partial charge on any atom is -0.395 e. The Morgan fingerprint density at radius 2 is 1.76 bits per heavy atom. The van der Waals surface area contributed by atoms with Gasteiger partial charge in [-0.15, -0.1) is 8.78 Å². The third kappa shape index (κ3) is 2.26.